The number of imide groups is 1. The first-order valence-corrected chi connectivity index (χ1v) is 8.01. The molecule has 0 atom stereocenters. The highest BCUT2D eigenvalue weighted by Crippen LogP contribution is 2.29. The zero-order valence-corrected chi connectivity index (χ0v) is 13.9. The van der Waals surface area contributed by atoms with Crippen LogP contribution in [0.1, 0.15) is 25.3 Å². The predicted octanol–water partition coefficient (Wildman–Crippen LogP) is 2.80. The molecular weight excluding hydrogens is 325 g/mol. The molecule has 0 aliphatic heterocycles. The Labute approximate surface area is 139 Å². The van der Waals surface area contributed by atoms with Crippen LogP contribution in [0.2, 0.25) is 10.0 Å². The van der Waals surface area contributed by atoms with Gasteiger partial charge in [0.05, 0.1) is 16.6 Å². The van der Waals surface area contributed by atoms with Crippen LogP contribution in [0.15, 0.2) is 18.2 Å². The molecule has 2 N–H and O–H groups in total. The van der Waals surface area contributed by atoms with Gasteiger partial charge in [-0.25, -0.2) is 4.79 Å². The van der Waals surface area contributed by atoms with E-state index in [0.29, 0.717) is 29.2 Å². The maximum Gasteiger partial charge on any atom is 0.321 e. The first kappa shape index (κ1) is 17.1. The van der Waals surface area contributed by atoms with E-state index in [1.54, 1.807) is 19.1 Å². The molecule has 1 aromatic carbocycles. The van der Waals surface area contributed by atoms with Gasteiger partial charge in [-0.2, -0.15) is 0 Å². The minimum atomic E-state index is -0.460. The second kappa shape index (κ2) is 7.81. The number of rotatable bonds is 6. The van der Waals surface area contributed by atoms with Gasteiger partial charge in [0.1, 0.15) is 0 Å². The molecular formula is C15H19Cl2N3O2. The number of hydrogen-bond acceptors (Lipinski definition) is 3. The summed E-state index contributed by atoms with van der Waals surface area (Å²) in [5, 5.41) is 5.87. The van der Waals surface area contributed by atoms with Gasteiger partial charge in [-0.15, -0.1) is 0 Å². The lowest BCUT2D eigenvalue weighted by Gasteiger charge is -2.21. The third-order valence-corrected chi connectivity index (χ3v) is 4.11. The van der Waals surface area contributed by atoms with Crippen molar-refractivity contribution in [3.63, 3.8) is 0 Å². The van der Waals surface area contributed by atoms with E-state index >= 15 is 0 Å². The largest absolute Gasteiger partial charge is 0.338 e. The number of nitrogens with one attached hydrogen (secondary N) is 2. The number of benzene rings is 1. The van der Waals surface area contributed by atoms with Gasteiger partial charge in [-0.1, -0.05) is 29.3 Å². The lowest BCUT2D eigenvalue weighted by atomic mass is 10.2. The Morgan fingerprint density at radius 3 is 2.59 bits per heavy atom. The molecule has 1 fully saturated rings. The van der Waals surface area contributed by atoms with E-state index in [1.807, 2.05) is 11.0 Å². The maximum atomic E-state index is 11.9. The molecule has 1 saturated carbocycles. The molecule has 0 bridgehead atoms. The van der Waals surface area contributed by atoms with Gasteiger partial charge in [0.2, 0.25) is 5.91 Å². The third-order valence-electron chi connectivity index (χ3n) is 3.37. The van der Waals surface area contributed by atoms with E-state index in [1.165, 1.54) is 0 Å². The Bertz CT molecular complexity index is 562. The molecule has 0 aromatic heterocycles. The number of carbonyl (C=O) groups is 2. The van der Waals surface area contributed by atoms with Crippen molar-refractivity contribution in [1.29, 1.82) is 0 Å². The average molecular weight is 344 g/mol. The maximum absolute atomic E-state index is 11.9. The lowest BCUT2D eigenvalue weighted by Crippen LogP contribution is -2.44. The van der Waals surface area contributed by atoms with Crippen molar-refractivity contribution in [2.24, 2.45) is 0 Å². The van der Waals surface area contributed by atoms with Gasteiger partial charge in [-0.3, -0.25) is 15.0 Å². The highest BCUT2D eigenvalue weighted by atomic mass is 35.5. The molecule has 0 radical (unpaired) electrons. The molecule has 1 aliphatic rings. The molecule has 0 saturated heterocycles. The summed E-state index contributed by atoms with van der Waals surface area (Å²) in [5.41, 5.74) is 0.993. The number of amides is 3. The van der Waals surface area contributed by atoms with Crippen molar-refractivity contribution in [2.75, 3.05) is 13.1 Å². The van der Waals surface area contributed by atoms with Crippen LogP contribution in [0.4, 0.5) is 4.79 Å². The van der Waals surface area contributed by atoms with Crippen LogP contribution in [-0.2, 0) is 11.3 Å². The van der Waals surface area contributed by atoms with Crippen LogP contribution < -0.4 is 10.6 Å². The third kappa shape index (κ3) is 5.16. The van der Waals surface area contributed by atoms with E-state index < -0.39 is 6.03 Å². The van der Waals surface area contributed by atoms with Crippen LogP contribution in [0.3, 0.4) is 0 Å². The lowest BCUT2D eigenvalue weighted by molar-refractivity contribution is -0.121. The van der Waals surface area contributed by atoms with Crippen LogP contribution in [-0.4, -0.2) is 36.0 Å². The van der Waals surface area contributed by atoms with E-state index in [4.69, 9.17) is 23.2 Å². The van der Waals surface area contributed by atoms with Crippen molar-refractivity contribution >= 4 is 35.1 Å². The standard InChI is InChI=1S/C15H19Cl2N3O2/c1-2-18-15(22)19-14(21)9-20(11-4-5-11)8-10-3-6-12(16)13(17)7-10/h3,6-7,11H,2,4-5,8-9H2,1H3,(H2,18,19,21,22). The van der Waals surface area contributed by atoms with Crippen LogP contribution >= 0.6 is 23.2 Å². The van der Waals surface area contributed by atoms with Crippen molar-refractivity contribution in [3.8, 4) is 0 Å². The summed E-state index contributed by atoms with van der Waals surface area (Å²) in [7, 11) is 0. The summed E-state index contributed by atoms with van der Waals surface area (Å²) in [6.07, 6.45) is 2.13. The number of nitrogens with zero attached hydrogens (tertiary/aromatic N) is 1. The summed E-state index contributed by atoms with van der Waals surface area (Å²) < 4.78 is 0. The molecule has 3 amide bonds. The summed E-state index contributed by atoms with van der Waals surface area (Å²) in [6.45, 7) is 3.06. The molecule has 7 heteroatoms. The normalized spacial score (nSPS) is 14.0. The molecule has 2 rings (SSSR count). The Morgan fingerprint density at radius 2 is 2.00 bits per heavy atom. The fraction of sp³-hybridized carbons (Fsp3) is 0.467. The fourth-order valence-electron chi connectivity index (χ4n) is 2.18. The van der Waals surface area contributed by atoms with Gasteiger partial charge < -0.3 is 5.32 Å². The van der Waals surface area contributed by atoms with E-state index in [2.05, 4.69) is 10.6 Å². The van der Waals surface area contributed by atoms with Crippen molar-refractivity contribution in [1.82, 2.24) is 15.5 Å². The topological polar surface area (TPSA) is 61.4 Å². The fourth-order valence-corrected chi connectivity index (χ4v) is 2.50. The number of urea groups is 1. The zero-order valence-electron chi connectivity index (χ0n) is 12.4. The Morgan fingerprint density at radius 1 is 1.27 bits per heavy atom. The van der Waals surface area contributed by atoms with Crippen LogP contribution in [0.25, 0.3) is 0 Å². The predicted molar refractivity (Wildman–Crippen MR) is 87.1 cm³/mol. The smallest absolute Gasteiger partial charge is 0.321 e. The molecule has 120 valence electrons. The zero-order chi connectivity index (χ0) is 16.1. The van der Waals surface area contributed by atoms with E-state index in [0.717, 1.165) is 18.4 Å². The minimum absolute atomic E-state index is 0.183. The molecule has 5 nitrogen and oxygen atoms in total. The Balaban J connectivity index is 1.94. The first-order chi connectivity index (χ1) is 10.5. The molecule has 1 aromatic rings. The highest BCUT2D eigenvalue weighted by Gasteiger charge is 2.30. The Kier molecular flexibility index (Phi) is 6.06. The molecule has 1 aliphatic carbocycles. The highest BCUT2D eigenvalue weighted by molar-refractivity contribution is 6.42. The van der Waals surface area contributed by atoms with Gasteiger partial charge in [0.15, 0.2) is 0 Å². The van der Waals surface area contributed by atoms with Crippen molar-refractivity contribution < 1.29 is 9.59 Å². The quantitative estimate of drug-likeness (QED) is 0.834. The first-order valence-electron chi connectivity index (χ1n) is 7.25. The van der Waals surface area contributed by atoms with Crippen molar-refractivity contribution in [2.45, 2.75) is 32.4 Å². The van der Waals surface area contributed by atoms with Gasteiger partial charge in [-0.05, 0) is 37.5 Å². The van der Waals surface area contributed by atoms with Crippen LogP contribution in [0, 0.1) is 0 Å². The Hall–Kier alpha value is -1.30. The van der Waals surface area contributed by atoms with E-state index in [-0.39, 0.29) is 12.5 Å². The molecule has 0 unspecified atom stereocenters. The monoisotopic (exact) mass is 343 g/mol. The van der Waals surface area contributed by atoms with E-state index in [9.17, 15) is 9.59 Å². The molecule has 22 heavy (non-hydrogen) atoms. The average Bonchev–Trinajstić information content (AvgIpc) is 3.26. The van der Waals surface area contributed by atoms with Gasteiger partial charge in [0.25, 0.3) is 0 Å². The summed E-state index contributed by atoms with van der Waals surface area (Å²) in [6, 6.07) is 5.37. The van der Waals surface area contributed by atoms with Crippen LogP contribution in [0.5, 0.6) is 0 Å². The second-order valence-electron chi connectivity index (χ2n) is 5.29. The number of halogens is 2. The second-order valence-corrected chi connectivity index (χ2v) is 6.11. The molecule has 0 heterocycles. The van der Waals surface area contributed by atoms with Gasteiger partial charge in [0, 0.05) is 19.1 Å². The minimum Gasteiger partial charge on any atom is -0.338 e. The number of carbonyl (C=O) groups excluding carboxylic acids is 2. The van der Waals surface area contributed by atoms with Gasteiger partial charge >= 0.3 is 6.03 Å². The van der Waals surface area contributed by atoms with Crippen molar-refractivity contribution in [3.05, 3.63) is 33.8 Å². The summed E-state index contributed by atoms with van der Waals surface area (Å²) in [5.74, 6) is -0.307. The summed E-state index contributed by atoms with van der Waals surface area (Å²) >= 11 is 11.9. The SMILES string of the molecule is CCNC(=O)NC(=O)CN(Cc1ccc(Cl)c(Cl)c1)C1CC1. The molecule has 0 spiro atoms. The summed E-state index contributed by atoms with van der Waals surface area (Å²) in [4.78, 5) is 25.3. The number of hydrogen-bond donors (Lipinski definition) is 2.